The van der Waals surface area contributed by atoms with E-state index in [1.165, 1.54) is 44.2 Å². The molecule has 1 saturated heterocycles. The van der Waals surface area contributed by atoms with Gasteiger partial charge in [0.15, 0.2) is 0 Å². The Morgan fingerprint density at radius 1 is 1.25 bits per heavy atom. The zero-order valence-electron chi connectivity index (χ0n) is 11.0. The number of hydrogen-bond acceptors (Lipinski definition) is 1. The van der Waals surface area contributed by atoms with Crippen LogP contribution in [0.25, 0.3) is 0 Å². The van der Waals surface area contributed by atoms with Gasteiger partial charge in [-0.15, -0.1) is 0 Å². The van der Waals surface area contributed by atoms with Gasteiger partial charge in [0.25, 0.3) is 0 Å². The van der Waals surface area contributed by atoms with Crippen molar-refractivity contribution in [2.45, 2.75) is 58.9 Å². The molecule has 0 aromatic rings. The topological polar surface area (TPSA) is 3.24 Å². The van der Waals surface area contributed by atoms with Crippen LogP contribution in [0.15, 0.2) is 23.9 Å². The van der Waals surface area contributed by atoms with Crippen molar-refractivity contribution in [3.8, 4) is 0 Å². The lowest BCUT2D eigenvalue weighted by Crippen LogP contribution is -2.31. The third kappa shape index (κ3) is 3.13. The van der Waals surface area contributed by atoms with E-state index >= 15 is 0 Å². The molecule has 0 amide bonds. The summed E-state index contributed by atoms with van der Waals surface area (Å²) < 4.78 is 0. The van der Waals surface area contributed by atoms with Gasteiger partial charge in [0.1, 0.15) is 0 Å². The quantitative estimate of drug-likeness (QED) is 0.641. The van der Waals surface area contributed by atoms with Gasteiger partial charge in [-0.2, -0.15) is 0 Å². The van der Waals surface area contributed by atoms with Crippen LogP contribution in [-0.2, 0) is 0 Å². The maximum atomic E-state index is 2.56. The minimum atomic E-state index is 0.398. The second-order valence-electron chi connectivity index (χ2n) is 6.46. The van der Waals surface area contributed by atoms with Crippen LogP contribution in [0.3, 0.4) is 0 Å². The number of rotatable bonds is 1. The normalized spacial score (nSPS) is 26.1. The van der Waals surface area contributed by atoms with Gasteiger partial charge in [0.2, 0.25) is 0 Å². The molecule has 0 N–H and O–H groups in total. The molecule has 2 heterocycles. The Morgan fingerprint density at radius 2 is 2.06 bits per heavy atom. The molecule has 1 unspecified atom stereocenters. The Hall–Kier alpha value is -0.720. The molecule has 0 aromatic carbocycles. The summed E-state index contributed by atoms with van der Waals surface area (Å²) in [5.74, 6) is 0. The Bertz CT molecular complexity index is 293. The fourth-order valence-corrected chi connectivity index (χ4v) is 2.73. The Balaban J connectivity index is 2.04. The zero-order chi connectivity index (χ0) is 11.6. The van der Waals surface area contributed by atoms with E-state index in [1.54, 1.807) is 0 Å². The summed E-state index contributed by atoms with van der Waals surface area (Å²) in [6.07, 6.45) is 13.9. The molecule has 0 aromatic heterocycles. The van der Waals surface area contributed by atoms with E-state index in [4.69, 9.17) is 0 Å². The summed E-state index contributed by atoms with van der Waals surface area (Å²) in [7, 11) is 0. The molecular formula is C15H25N. The van der Waals surface area contributed by atoms with Gasteiger partial charge in [-0.05, 0) is 30.3 Å². The lowest BCUT2D eigenvalue weighted by molar-refractivity contribution is 0.313. The van der Waals surface area contributed by atoms with Gasteiger partial charge in [0.05, 0.1) is 0 Å². The molecule has 0 aliphatic carbocycles. The first-order valence-electron chi connectivity index (χ1n) is 6.69. The first kappa shape index (κ1) is 11.8. The molecular weight excluding hydrogens is 194 g/mol. The van der Waals surface area contributed by atoms with Gasteiger partial charge in [-0.25, -0.2) is 0 Å². The van der Waals surface area contributed by atoms with Crippen molar-refractivity contribution in [1.29, 1.82) is 0 Å². The minimum Gasteiger partial charge on any atom is -0.371 e. The Labute approximate surface area is 100 Å². The van der Waals surface area contributed by atoms with Crippen LogP contribution in [0.5, 0.6) is 0 Å². The lowest BCUT2D eigenvalue weighted by atomic mass is 9.87. The number of allylic oxidation sites excluding steroid dienone is 2. The van der Waals surface area contributed by atoms with E-state index in [0.717, 1.165) is 0 Å². The van der Waals surface area contributed by atoms with Crippen molar-refractivity contribution in [2.24, 2.45) is 5.41 Å². The molecule has 0 radical (unpaired) electrons. The molecule has 1 nitrogen and oxygen atoms in total. The van der Waals surface area contributed by atoms with E-state index in [1.807, 2.05) is 0 Å². The molecule has 1 fully saturated rings. The summed E-state index contributed by atoms with van der Waals surface area (Å²) >= 11 is 0. The van der Waals surface area contributed by atoms with Crippen molar-refractivity contribution >= 4 is 0 Å². The van der Waals surface area contributed by atoms with Gasteiger partial charge < -0.3 is 4.90 Å². The summed E-state index contributed by atoms with van der Waals surface area (Å²) in [5.41, 5.74) is 1.90. The molecule has 2 aliphatic heterocycles. The van der Waals surface area contributed by atoms with E-state index in [2.05, 4.69) is 44.0 Å². The van der Waals surface area contributed by atoms with Crippen molar-refractivity contribution in [3.05, 3.63) is 23.9 Å². The second kappa shape index (κ2) is 4.65. The fraction of sp³-hybridized carbons (Fsp3) is 0.733. The van der Waals surface area contributed by atoms with E-state index in [0.29, 0.717) is 11.5 Å². The van der Waals surface area contributed by atoms with E-state index in [9.17, 15) is 0 Å². The van der Waals surface area contributed by atoms with Gasteiger partial charge in [0, 0.05) is 18.8 Å². The van der Waals surface area contributed by atoms with Crippen molar-refractivity contribution in [1.82, 2.24) is 4.90 Å². The predicted molar refractivity (Wildman–Crippen MR) is 70.3 cm³/mol. The first-order valence-corrected chi connectivity index (χ1v) is 6.69. The van der Waals surface area contributed by atoms with Crippen LogP contribution >= 0.6 is 0 Å². The fourth-order valence-electron chi connectivity index (χ4n) is 2.73. The molecule has 16 heavy (non-hydrogen) atoms. The SMILES string of the molecule is CC(C)(C)CC1=CN2CCCCCC2C=C1. The standard InChI is InChI=1S/C15H25N/c1-15(2,3)11-13-8-9-14-7-5-4-6-10-16(14)12-13/h8-9,12,14H,4-7,10-11H2,1-3H3. The van der Waals surface area contributed by atoms with E-state index in [-0.39, 0.29) is 0 Å². The number of fused-ring (bicyclic) bond motifs is 1. The molecule has 1 atom stereocenters. The van der Waals surface area contributed by atoms with Crippen LogP contribution in [0.1, 0.15) is 52.9 Å². The highest BCUT2D eigenvalue weighted by molar-refractivity contribution is 5.25. The highest BCUT2D eigenvalue weighted by Crippen LogP contribution is 2.29. The Morgan fingerprint density at radius 3 is 2.81 bits per heavy atom. The van der Waals surface area contributed by atoms with Gasteiger partial charge >= 0.3 is 0 Å². The van der Waals surface area contributed by atoms with Gasteiger partial charge in [-0.3, -0.25) is 0 Å². The monoisotopic (exact) mass is 219 g/mol. The molecule has 90 valence electrons. The van der Waals surface area contributed by atoms with Crippen LogP contribution in [0.2, 0.25) is 0 Å². The summed E-state index contributed by atoms with van der Waals surface area (Å²) in [6.45, 7) is 8.20. The summed E-state index contributed by atoms with van der Waals surface area (Å²) in [4.78, 5) is 2.56. The van der Waals surface area contributed by atoms with Crippen LogP contribution < -0.4 is 0 Å². The number of hydrogen-bond donors (Lipinski definition) is 0. The predicted octanol–water partition coefficient (Wildman–Crippen LogP) is 4.12. The summed E-state index contributed by atoms with van der Waals surface area (Å²) in [6, 6.07) is 0.686. The maximum Gasteiger partial charge on any atom is 0.0470 e. The second-order valence-corrected chi connectivity index (χ2v) is 6.46. The highest BCUT2D eigenvalue weighted by atomic mass is 15.1. The molecule has 0 saturated carbocycles. The highest BCUT2D eigenvalue weighted by Gasteiger charge is 2.21. The molecule has 2 aliphatic rings. The first-order chi connectivity index (χ1) is 7.54. The molecule has 2 rings (SSSR count). The van der Waals surface area contributed by atoms with Gasteiger partial charge in [-0.1, -0.05) is 45.8 Å². The number of nitrogens with zero attached hydrogens (tertiary/aromatic N) is 1. The summed E-state index contributed by atoms with van der Waals surface area (Å²) in [5, 5.41) is 0. The van der Waals surface area contributed by atoms with Crippen molar-refractivity contribution in [2.75, 3.05) is 6.54 Å². The van der Waals surface area contributed by atoms with E-state index < -0.39 is 0 Å². The third-order valence-electron chi connectivity index (χ3n) is 3.44. The smallest absolute Gasteiger partial charge is 0.0470 e. The molecule has 0 bridgehead atoms. The van der Waals surface area contributed by atoms with Crippen molar-refractivity contribution in [3.63, 3.8) is 0 Å². The molecule has 0 spiro atoms. The van der Waals surface area contributed by atoms with Crippen LogP contribution in [-0.4, -0.2) is 17.5 Å². The maximum absolute atomic E-state index is 2.56. The lowest BCUT2D eigenvalue weighted by Gasteiger charge is -2.32. The van der Waals surface area contributed by atoms with Crippen molar-refractivity contribution < 1.29 is 0 Å². The van der Waals surface area contributed by atoms with Crippen LogP contribution in [0, 0.1) is 5.41 Å². The third-order valence-corrected chi connectivity index (χ3v) is 3.44. The minimum absolute atomic E-state index is 0.398. The van der Waals surface area contributed by atoms with Crippen LogP contribution in [0.4, 0.5) is 0 Å². The average Bonchev–Trinajstić information content (AvgIpc) is 2.39. The average molecular weight is 219 g/mol. The molecule has 1 heteroatoms. The largest absolute Gasteiger partial charge is 0.371 e. The Kier molecular flexibility index (Phi) is 3.41. The zero-order valence-corrected chi connectivity index (χ0v) is 11.0.